The molecule has 63 heavy (non-hydrogen) atoms. The van der Waals surface area contributed by atoms with Crippen molar-refractivity contribution >= 4 is 23.8 Å². The molecule has 1 aliphatic heterocycles. The van der Waals surface area contributed by atoms with E-state index in [0.717, 1.165) is 24.0 Å². The fraction of sp³-hybridized carbons (Fsp3) is 0.595. The number of hydrogen-bond acceptors (Lipinski definition) is 17. The summed E-state index contributed by atoms with van der Waals surface area (Å²) in [5, 5.41) is 41.6. The number of carbonyl (C=O) groups excluding carboxylic acids is 3. The summed E-state index contributed by atoms with van der Waals surface area (Å²) in [7, 11) is 8.19. The highest BCUT2D eigenvalue weighted by atomic mass is 17.0. The van der Waals surface area contributed by atoms with Crippen LogP contribution in [0.25, 0.3) is 0 Å². The molecule has 4 atom stereocenters. The van der Waals surface area contributed by atoms with Gasteiger partial charge in [-0.1, -0.05) is 19.4 Å². The highest BCUT2D eigenvalue weighted by molar-refractivity contribution is 5.87. The average molecular weight is 892 g/mol. The standard InChI is InChI=1S/C42H59N5O15.H2O/c1-9-15-41(26-43,31-21-34(57-6)39(59-8)35(22-31)58-7)16-10-17-45(4)27(2)30-11-12-32(33(20-30)56-5)60-25-36(48)44-46-18-13-29(14-19-46)28(3)61-47(55)62-38(51)24-42(54,40(52)53)23-37(49)50;/h11-12,20-22,27-29,54H,9-10,13-19,23-25H2,1-8H3,(H2-,44,48,49,50,52,53);1H2. The lowest BCUT2D eigenvalue weighted by Crippen LogP contribution is -2.51. The van der Waals surface area contributed by atoms with Gasteiger partial charge in [-0.25, -0.2) is 9.80 Å². The molecule has 0 saturated carbocycles. The molecule has 0 spiro atoms. The minimum Gasteiger partial charge on any atom is -0.547 e. The van der Waals surface area contributed by atoms with Crippen molar-refractivity contribution in [1.29, 1.82) is 5.26 Å². The molecule has 1 aliphatic rings. The van der Waals surface area contributed by atoms with Gasteiger partial charge in [0.2, 0.25) is 5.75 Å². The van der Waals surface area contributed by atoms with Crippen molar-refractivity contribution in [1.82, 2.24) is 15.3 Å². The first-order valence-corrected chi connectivity index (χ1v) is 20.2. The number of carboxylic acid groups (broad SMARTS) is 2. The number of amides is 1. The summed E-state index contributed by atoms with van der Waals surface area (Å²) in [5.74, 6) is -3.78. The molecule has 1 fully saturated rings. The van der Waals surface area contributed by atoms with Crippen molar-refractivity contribution in [2.75, 3.05) is 61.7 Å². The number of hydrogen-bond donors (Lipinski definition) is 3. The van der Waals surface area contributed by atoms with Gasteiger partial charge in [-0.15, -0.1) is 4.84 Å². The summed E-state index contributed by atoms with van der Waals surface area (Å²) < 4.78 is 28.1. The second-order valence-corrected chi connectivity index (χ2v) is 15.2. The molecule has 3 rings (SSSR count). The first-order valence-electron chi connectivity index (χ1n) is 20.2. The van der Waals surface area contributed by atoms with E-state index in [1.807, 2.05) is 31.3 Å². The van der Waals surface area contributed by atoms with Crippen molar-refractivity contribution in [3.8, 4) is 34.8 Å². The van der Waals surface area contributed by atoms with E-state index in [1.165, 1.54) is 7.11 Å². The van der Waals surface area contributed by atoms with E-state index < -0.39 is 58.9 Å². The number of ether oxygens (including phenoxy) is 5. The fourth-order valence-corrected chi connectivity index (χ4v) is 7.40. The maximum Gasteiger partial charge on any atom is 0.486 e. The van der Waals surface area contributed by atoms with Crippen molar-refractivity contribution in [2.24, 2.45) is 5.92 Å². The normalized spacial score (nSPS) is 15.8. The van der Waals surface area contributed by atoms with Crippen molar-refractivity contribution in [2.45, 2.75) is 95.3 Å². The summed E-state index contributed by atoms with van der Waals surface area (Å²) in [6, 6.07) is 11.8. The Morgan fingerprint density at radius 1 is 0.984 bits per heavy atom. The number of hydrazine groups is 1. The predicted octanol–water partition coefficient (Wildman–Crippen LogP) is 1.96. The molecule has 0 bridgehead atoms. The van der Waals surface area contributed by atoms with Gasteiger partial charge in [0.15, 0.2) is 35.7 Å². The quantitative estimate of drug-likeness (QED) is 0.114. The Kier molecular flexibility index (Phi) is 20.8. The zero-order valence-corrected chi connectivity index (χ0v) is 37.1. The van der Waals surface area contributed by atoms with Crippen molar-refractivity contribution in [3.05, 3.63) is 46.4 Å². The predicted molar refractivity (Wildman–Crippen MR) is 220 cm³/mol. The van der Waals surface area contributed by atoms with E-state index in [4.69, 9.17) is 33.6 Å². The van der Waals surface area contributed by atoms with Gasteiger partial charge in [0.1, 0.15) is 10.5 Å². The van der Waals surface area contributed by atoms with Gasteiger partial charge in [-0.2, -0.15) is 10.1 Å². The molecule has 4 unspecified atom stereocenters. The summed E-state index contributed by atoms with van der Waals surface area (Å²) in [4.78, 5) is 70.5. The number of benzene rings is 2. The highest BCUT2D eigenvalue weighted by Gasteiger charge is 2.40. The van der Waals surface area contributed by atoms with E-state index in [1.54, 1.807) is 39.3 Å². The first-order chi connectivity index (χ1) is 29.4. The van der Waals surface area contributed by atoms with Gasteiger partial charge in [0.25, 0.3) is 5.91 Å². The number of carboxylic acids is 2. The van der Waals surface area contributed by atoms with Crippen LogP contribution < -0.4 is 34.2 Å². The number of methoxy groups -OCH3 is 4. The van der Waals surface area contributed by atoms with Gasteiger partial charge in [0, 0.05) is 25.0 Å². The van der Waals surface area contributed by atoms with E-state index in [9.17, 15) is 39.6 Å². The van der Waals surface area contributed by atoms with Crippen LogP contribution >= 0.6 is 0 Å². The molecule has 0 aromatic heterocycles. The number of piperidine rings is 1. The Morgan fingerprint density at radius 2 is 1.60 bits per heavy atom. The summed E-state index contributed by atoms with van der Waals surface area (Å²) in [6.07, 6.45) is 0.278. The van der Waals surface area contributed by atoms with Crippen LogP contribution in [0.3, 0.4) is 0 Å². The van der Waals surface area contributed by atoms with E-state index in [2.05, 4.69) is 35.1 Å². The topological polar surface area (TPSA) is 290 Å². The number of carbonyl (C=O) groups is 4. The number of rotatable bonds is 26. The largest absolute Gasteiger partial charge is 0.547 e. The Bertz CT molecular complexity index is 1890. The molecule has 350 valence electrons. The average Bonchev–Trinajstić information content (AvgIpc) is 3.23. The highest BCUT2D eigenvalue weighted by Crippen LogP contribution is 2.44. The zero-order valence-electron chi connectivity index (χ0n) is 37.1. The fourth-order valence-electron chi connectivity index (χ4n) is 7.40. The monoisotopic (exact) mass is 891 g/mol. The maximum absolute atomic E-state index is 12.9. The van der Waals surface area contributed by atoms with Gasteiger partial charge in [-0.3, -0.25) is 19.9 Å². The summed E-state index contributed by atoms with van der Waals surface area (Å²) in [5.41, 5.74) is 0.730. The molecular formula is C42H61N5O16. The Hall–Kier alpha value is -5.95. The van der Waals surface area contributed by atoms with Gasteiger partial charge in [0.05, 0.1) is 58.7 Å². The molecule has 0 radical (unpaired) electrons. The number of nitrogens with one attached hydrogen (secondary N) is 1. The molecule has 1 amide bonds. The molecular weight excluding hydrogens is 830 g/mol. The van der Waals surface area contributed by atoms with Crippen LogP contribution in [0, 0.1) is 22.2 Å². The maximum atomic E-state index is 12.9. The van der Waals surface area contributed by atoms with Crippen LogP contribution in [0.15, 0.2) is 30.3 Å². The Balaban J connectivity index is 0.0000137. The van der Waals surface area contributed by atoms with Crippen LogP contribution in [0.2, 0.25) is 0 Å². The Morgan fingerprint density at radius 3 is 2.13 bits per heavy atom. The smallest absolute Gasteiger partial charge is 0.486 e. The van der Waals surface area contributed by atoms with Crippen molar-refractivity contribution in [3.63, 3.8) is 0 Å². The van der Waals surface area contributed by atoms with Gasteiger partial charge in [-0.05, 0) is 94.9 Å². The molecule has 2 aromatic rings. The third kappa shape index (κ3) is 14.6. The van der Waals surface area contributed by atoms with E-state index >= 15 is 0 Å². The van der Waals surface area contributed by atoms with Crippen LogP contribution in [0.1, 0.15) is 89.3 Å². The Labute approximate surface area is 366 Å². The lowest BCUT2D eigenvalue weighted by atomic mass is 9.74. The van der Waals surface area contributed by atoms with Crippen LogP contribution in [-0.4, -0.2) is 128 Å². The molecule has 21 heteroatoms. The lowest BCUT2D eigenvalue weighted by Gasteiger charge is -2.32. The number of nitriles is 1. The van der Waals surface area contributed by atoms with Crippen LogP contribution in [0.4, 0.5) is 0 Å². The molecule has 2 aromatic carbocycles. The zero-order chi connectivity index (χ0) is 46.2. The number of aliphatic carboxylic acids is 2. The molecule has 21 nitrogen and oxygen atoms in total. The second-order valence-electron chi connectivity index (χ2n) is 15.2. The second kappa shape index (κ2) is 24.6. The third-order valence-electron chi connectivity index (χ3n) is 11.1. The minimum atomic E-state index is -3.08. The third-order valence-corrected chi connectivity index (χ3v) is 11.1. The van der Waals surface area contributed by atoms with Gasteiger partial charge >= 0.3 is 17.0 Å². The number of nitrogens with zero attached hydrogens (tertiary/aromatic N) is 4. The van der Waals surface area contributed by atoms with Gasteiger partial charge < -0.3 is 49.3 Å². The van der Waals surface area contributed by atoms with Crippen molar-refractivity contribution < 1.29 is 78.4 Å². The molecule has 1 heterocycles. The number of aliphatic hydroxyl groups is 1. The van der Waals surface area contributed by atoms with Crippen LogP contribution in [0.5, 0.6) is 28.7 Å². The summed E-state index contributed by atoms with van der Waals surface area (Å²) in [6.45, 7) is 6.87. The molecule has 1 saturated heterocycles. The van der Waals surface area contributed by atoms with Crippen LogP contribution in [-0.2, 0) is 34.3 Å². The molecule has 0 aliphatic carbocycles. The van der Waals surface area contributed by atoms with E-state index in [0.29, 0.717) is 74.1 Å². The summed E-state index contributed by atoms with van der Waals surface area (Å²) >= 11 is 0. The molecule has 5 N–H and O–H groups in total. The SMILES string of the molecule is CCCC(C#N)(CCCN(C)C(C)c1ccc(OCC(=O)NN2CCC(C(C)O[N+](=O)OC(=O)CC(O)(CC(=O)O)C(=O)[O-])CC2)c(OC)c1)c1cc(OC)c(OC)c(OC)c1.O. The lowest BCUT2D eigenvalue weighted by molar-refractivity contribution is -0.970. The van der Waals surface area contributed by atoms with E-state index in [-0.39, 0.29) is 24.0 Å². The first kappa shape index (κ1) is 53.2. The minimum absolute atomic E-state index is 0.